The average molecular weight is 615 g/mol. The molecule has 16 heteroatoms. The lowest BCUT2D eigenvalue weighted by Crippen LogP contribution is -2.11. The Balaban J connectivity index is -0.000000543. The second kappa shape index (κ2) is 47.8. The van der Waals surface area contributed by atoms with Crippen LogP contribution in [-0.2, 0) is 76.1 Å². The molecule has 0 atom stereocenters. The summed E-state index contributed by atoms with van der Waals surface area (Å²) in [5.41, 5.74) is 0. The molecular formula is C26H46O16. The van der Waals surface area contributed by atoms with E-state index in [1.165, 1.54) is 0 Å². The van der Waals surface area contributed by atoms with E-state index in [1.54, 1.807) is 0 Å². The van der Waals surface area contributed by atoms with E-state index in [0.29, 0.717) is 118 Å². The van der Waals surface area contributed by atoms with E-state index >= 15 is 0 Å². The van der Waals surface area contributed by atoms with Crippen LogP contribution in [0.5, 0.6) is 0 Å². The first-order valence-corrected chi connectivity index (χ1v) is 13.3. The first kappa shape index (κ1) is 43.4. The van der Waals surface area contributed by atoms with Crippen LogP contribution >= 0.6 is 0 Å². The molecule has 0 aliphatic rings. The van der Waals surface area contributed by atoms with Crippen LogP contribution in [0.1, 0.15) is 25.7 Å². The van der Waals surface area contributed by atoms with Gasteiger partial charge in [0.2, 0.25) is 0 Å². The Kier molecular flexibility index (Phi) is 49.4. The maximum atomic E-state index is 9.93. The predicted molar refractivity (Wildman–Crippen MR) is 144 cm³/mol. The SMILES string of the molecule is O=CCCCOCCOCCCC=O.O=COCCOCCOCCOC=O.O=COCCOCCOCCOC=O. The fourth-order valence-electron chi connectivity index (χ4n) is 2.12. The van der Waals surface area contributed by atoms with Crippen molar-refractivity contribution in [3.63, 3.8) is 0 Å². The highest BCUT2D eigenvalue weighted by Crippen LogP contribution is 1.89. The van der Waals surface area contributed by atoms with Gasteiger partial charge < -0.3 is 57.0 Å². The number of ether oxygens (including phenoxy) is 10. The topological polar surface area (TPSA) is 195 Å². The molecule has 42 heavy (non-hydrogen) atoms. The molecule has 0 aromatic carbocycles. The van der Waals surface area contributed by atoms with Crippen molar-refractivity contribution >= 4 is 38.5 Å². The molecule has 0 aromatic heterocycles. The van der Waals surface area contributed by atoms with E-state index in [1.807, 2.05) is 0 Å². The molecule has 0 aromatic rings. The van der Waals surface area contributed by atoms with Crippen LogP contribution < -0.4 is 0 Å². The Morgan fingerprint density at radius 2 is 0.500 bits per heavy atom. The van der Waals surface area contributed by atoms with Crippen LogP contribution in [0.3, 0.4) is 0 Å². The molecule has 0 fully saturated rings. The van der Waals surface area contributed by atoms with Gasteiger partial charge in [0.1, 0.15) is 39.0 Å². The first-order valence-electron chi connectivity index (χ1n) is 13.3. The summed E-state index contributed by atoms with van der Waals surface area (Å²) in [5.74, 6) is 0. The molecule has 0 radical (unpaired) electrons. The van der Waals surface area contributed by atoms with E-state index in [4.69, 9.17) is 28.4 Å². The fourth-order valence-corrected chi connectivity index (χ4v) is 2.12. The predicted octanol–water partition coefficient (Wildman–Crippen LogP) is -0.291. The monoisotopic (exact) mass is 614 g/mol. The van der Waals surface area contributed by atoms with Crippen LogP contribution in [0.25, 0.3) is 0 Å². The zero-order chi connectivity index (χ0) is 31.5. The van der Waals surface area contributed by atoms with Gasteiger partial charge in [-0.3, -0.25) is 19.2 Å². The van der Waals surface area contributed by atoms with Gasteiger partial charge in [-0.25, -0.2) is 0 Å². The van der Waals surface area contributed by atoms with Crippen LogP contribution in [0, 0.1) is 0 Å². The van der Waals surface area contributed by atoms with Crippen LogP contribution in [0.15, 0.2) is 0 Å². The van der Waals surface area contributed by atoms with E-state index in [-0.39, 0.29) is 26.4 Å². The summed E-state index contributed by atoms with van der Waals surface area (Å²) in [6, 6.07) is 0. The molecule has 0 spiro atoms. The number of hydrogen-bond acceptors (Lipinski definition) is 16. The summed E-state index contributed by atoms with van der Waals surface area (Å²) in [6.45, 7) is 7.90. The molecule has 0 aliphatic heterocycles. The van der Waals surface area contributed by atoms with Crippen molar-refractivity contribution in [2.75, 3.05) is 106 Å². The van der Waals surface area contributed by atoms with Gasteiger partial charge in [-0.1, -0.05) is 0 Å². The standard InChI is InChI=1S/C10H18O4.2C8H14O6/c11-5-1-3-7-13-9-10-14-8-4-2-6-12;2*9-7-13-5-3-11-1-2-12-4-6-14-8-10/h5-6H,1-4,7-10H2;2*7-8H,1-6H2. The molecule has 0 bridgehead atoms. The van der Waals surface area contributed by atoms with Crippen LogP contribution in [0.4, 0.5) is 0 Å². The molecule has 0 aliphatic carbocycles. The maximum Gasteiger partial charge on any atom is 0.293 e. The highest BCUT2D eigenvalue weighted by molar-refractivity contribution is 5.49. The van der Waals surface area contributed by atoms with Gasteiger partial charge in [0, 0.05) is 26.1 Å². The largest absolute Gasteiger partial charge is 0.465 e. The number of rotatable bonds is 33. The Hall–Kier alpha value is -3.02. The molecule has 0 amide bonds. The minimum absolute atomic E-state index is 0.248. The summed E-state index contributed by atoms with van der Waals surface area (Å²) >= 11 is 0. The molecule has 0 saturated heterocycles. The summed E-state index contributed by atoms with van der Waals surface area (Å²) in [6.07, 6.45) is 4.43. The third-order valence-corrected chi connectivity index (χ3v) is 3.99. The molecular weight excluding hydrogens is 568 g/mol. The Morgan fingerprint density at radius 1 is 0.286 bits per heavy atom. The minimum atomic E-state index is 0.248. The second-order valence-electron chi connectivity index (χ2n) is 7.16. The first-order chi connectivity index (χ1) is 20.7. The average Bonchev–Trinajstić information content (AvgIpc) is 3.01. The van der Waals surface area contributed by atoms with Crippen molar-refractivity contribution in [3.8, 4) is 0 Å². The van der Waals surface area contributed by atoms with Crippen molar-refractivity contribution in [3.05, 3.63) is 0 Å². The van der Waals surface area contributed by atoms with Crippen molar-refractivity contribution in [2.45, 2.75) is 25.7 Å². The second-order valence-corrected chi connectivity index (χ2v) is 7.16. The Morgan fingerprint density at radius 3 is 0.714 bits per heavy atom. The maximum absolute atomic E-state index is 9.93. The number of unbranched alkanes of at least 4 members (excludes halogenated alkanes) is 2. The smallest absolute Gasteiger partial charge is 0.293 e. The molecule has 0 heterocycles. The van der Waals surface area contributed by atoms with Gasteiger partial charge in [0.15, 0.2) is 0 Å². The highest BCUT2D eigenvalue weighted by Gasteiger charge is 1.92. The molecule has 0 unspecified atom stereocenters. The molecule has 0 saturated carbocycles. The van der Waals surface area contributed by atoms with Crippen molar-refractivity contribution in [1.29, 1.82) is 0 Å². The van der Waals surface area contributed by atoms with Crippen molar-refractivity contribution in [2.24, 2.45) is 0 Å². The fraction of sp³-hybridized carbons (Fsp3) is 0.769. The van der Waals surface area contributed by atoms with Crippen LogP contribution in [-0.4, -0.2) is 144 Å². The molecule has 0 N–H and O–H groups in total. The number of hydrogen-bond donors (Lipinski definition) is 0. The lowest BCUT2D eigenvalue weighted by Gasteiger charge is -2.04. The molecule has 0 rings (SSSR count). The summed E-state index contributed by atoms with van der Waals surface area (Å²) in [5, 5.41) is 0. The quantitative estimate of drug-likeness (QED) is 0.0531. The van der Waals surface area contributed by atoms with E-state index < -0.39 is 0 Å². The van der Waals surface area contributed by atoms with E-state index in [0.717, 1.165) is 25.4 Å². The summed E-state index contributed by atoms with van der Waals surface area (Å²) in [4.78, 5) is 58.6. The van der Waals surface area contributed by atoms with E-state index in [2.05, 4.69) is 18.9 Å². The van der Waals surface area contributed by atoms with E-state index in [9.17, 15) is 28.8 Å². The summed E-state index contributed by atoms with van der Waals surface area (Å²) < 4.78 is 48.0. The molecule has 16 nitrogen and oxygen atoms in total. The van der Waals surface area contributed by atoms with Gasteiger partial charge in [-0.05, 0) is 12.8 Å². The zero-order valence-electron chi connectivity index (χ0n) is 24.1. The third kappa shape index (κ3) is 53.3. The van der Waals surface area contributed by atoms with Gasteiger partial charge in [0.05, 0.1) is 66.1 Å². The van der Waals surface area contributed by atoms with Crippen molar-refractivity contribution in [1.82, 2.24) is 0 Å². The number of carbonyl (C=O) groups excluding carboxylic acids is 6. The lowest BCUT2D eigenvalue weighted by atomic mass is 10.3. The normalized spacial score (nSPS) is 9.62. The van der Waals surface area contributed by atoms with Gasteiger partial charge in [-0.2, -0.15) is 0 Å². The zero-order valence-corrected chi connectivity index (χ0v) is 24.1. The Labute approximate surface area is 246 Å². The molecule has 246 valence electrons. The highest BCUT2D eigenvalue weighted by atomic mass is 16.6. The van der Waals surface area contributed by atoms with Gasteiger partial charge >= 0.3 is 0 Å². The summed E-state index contributed by atoms with van der Waals surface area (Å²) in [7, 11) is 0. The van der Waals surface area contributed by atoms with Crippen molar-refractivity contribution < 1.29 is 76.1 Å². The lowest BCUT2D eigenvalue weighted by molar-refractivity contribution is -0.131. The third-order valence-electron chi connectivity index (χ3n) is 3.99. The van der Waals surface area contributed by atoms with Crippen LogP contribution in [0.2, 0.25) is 0 Å². The minimum Gasteiger partial charge on any atom is -0.465 e. The van der Waals surface area contributed by atoms with Gasteiger partial charge in [0.25, 0.3) is 25.9 Å². The number of carbonyl (C=O) groups is 6. The number of aldehydes is 2. The van der Waals surface area contributed by atoms with Gasteiger partial charge in [-0.15, -0.1) is 0 Å². The Bertz CT molecular complexity index is 440.